The summed E-state index contributed by atoms with van der Waals surface area (Å²) in [4.78, 5) is 0.271. The third kappa shape index (κ3) is 4.36. The number of hydrogen-bond donors (Lipinski definition) is 0. The lowest BCUT2D eigenvalue weighted by molar-refractivity contribution is 0.273. The molecule has 0 N–H and O–H groups in total. The van der Waals surface area contributed by atoms with Crippen molar-refractivity contribution in [1.82, 2.24) is 8.61 Å². The number of aryl methyl sites for hydroxylation is 1. The number of piperazine rings is 1. The maximum absolute atomic E-state index is 12.7. The van der Waals surface area contributed by atoms with E-state index in [9.17, 15) is 16.8 Å². The average Bonchev–Trinajstić information content (AvgIpc) is 2.56. The van der Waals surface area contributed by atoms with Gasteiger partial charge in [0, 0.05) is 26.2 Å². The van der Waals surface area contributed by atoms with Crippen LogP contribution >= 0.6 is 0 Å². The van der Waals surface area contributed by atoms with Gasteiger partial charge in [-0.2, -0.15) is 8.61 Å². The highest BCUT2D eigenvalue weighted by Crippen LogP contribution is 2.20. The number of rotatable bonds is 7. The van der Waals surface area contributed by atoms with Crippen molar-refractivity contribution in [2.75, 3.05) is 31.9 Å². The Kier molecular flexibility index (Phi) is 6.41. The molecule has 24 heavy (non-hydrogen) atoms. The van der Waals surface area contributed by atoms with Gasteiger partial charge in [-0.3, -0.25) is 0 Å². The van der Waals surface area contributed by atoms with Crippen molar-refractivity contribution < 1.29 is 16.8 Å². The second-order valence-electron chi connectivity index (χ2n) is 6.01. The van der Waals surface area contributed by atoms with E-state index in [1.807, 2.05) is 19.1 Å². The maximum Gasteiger partial charge on any atom is 0.243 e. The second kappa shape index (κ2) is 7.95. The number of benzene rings is 1. The lowest BCUT2D eigenvalue weighted by Crippen LogP contribution is -2.50. The minimum Gasteiger partial charge on any atom is -0.212 e. The van der Waals surface area contributed by atoms with Gasteiger partial charge in [0.2, 0.25) is 20.0 Å². The molecule has 1 heterocycles. The fraction of sp³-hybridized carbons (Fsp3) is 0.625. The molecule has 136 valence electrons. The molecule has 6 nitrogen and oxygen atoms in total. The van der Waals surface area contributed by atoms with E-state index in [1.54, 1.807) is 12.1 Å². The van der Waals surface area contributed by atoms with Gasteiger partial charge >= 0.3 is 0 Å². The van der Waals surface area contributed by atoms with Crippen LogP contribution in [0.25, 0.3) is 0 Å². The molecule has 1 aliphatic heterocycles. The first-order valence-corrected chi connectivity index (χ1v) is 11.4. The van der Waals surface area contributed by atoms with E-state index < -0.39 is 20.0 Å². The molecule has 0 atom stereocenters. The van der Waals surface area contributed by atoms with Gasteiger partial charge in [-0.15, -0.1) is 0 Å². The van der Waals surface area contributed by atoms with Gasteiger partial charge in [-0.1, -0.05) is 32.4 Å². The Labute approximate surface area is 145 Å². The van der Waals surface area contributed by atoms with Gasteiger partial charge in [0.05, 0.1) is 10.6 Å². The summed E-state index contributed by atoms with van der Waals surface area (Å²) >= 11 is 0. The van der Waals surface area contributed by atoms with Gasteiger partial charge in [0.1, 0.15) is 0 Å². The fourth-order valence-corrected chi connectivity index (χ4v) is 5.76. The molecule has 0 unspecified atom stereocenters. The third-order valence-electron chi connectivity index (χ3n) is 4.15. The average molecular weight is 375 g/mol. The van der Waals surface area contributed by atoms with Gasteiger partial charge in [0.25, 0.3) is 0 Å². The molecule has 8 heteroatoms. The molecule has 1 saturated heterocycles. The van der Waals surface area contributed by atoms with E-state index in [0.717, 1.165) is 18.4 Å². The van der Waals surface area contributed by atoms with Crippen molar-refractivity contribution in [2.24, 2.45) is 0 Å². The van der Waals surface area contributed by atoms with Crippen molar-refractivity contribution >= 4 is 20.0 Å². The highest BCUT2D eigenvalue weighted by Gasteiger charge is 2.32. The zero-order chi connectivity index (χ0) is 17.8. The van der Waals surface area contributed by atoms with Crippen LogP contribution < -0.4 is 0 Å². The molecule has 0 radical (unpaired) electrons. The molecule has 0 saturated carbocycles. The summed E-state index contributed by atoms with van der Waals surface area (Å²) in [7, 11) is -6.83. The predicted octanol–water partition coefficient (Wildman–Crippen LogP) is 1.69. The van der Waals surface area contributed by atoms with E-state index >= 15 is 0 Å². The number of sulfonamides is 2. The third-order valence-corrected chi connectivity index (χ3v) is 8.14. The van der Waals surface area contributed by atoms with Crippen LogP contribution in [0.5, 0.6) is 0 Å². The highest BCUT2D eigenvalue weighted by molar-refractivity contribution is 7.89. The van der Waals surface area contributed by atoms with Crippen molar-refractivity contribution in [2.45, 2.75) is 38.0 Å². The summed E-state index contributed by atoms with van der Waals surface area (Å²) in [5.41, 5.74) is 1.12. The van der Waals surface area contributed by atoms with E-state index in [-0.39, 0.29) is 36.8 Å². The van der Waals surface area contributed by atoms with Crippen molar-refractivity contribution in [3.8, 4) is 0 Å². The predicted molar refractivity (Wildman–Crippen MR) is 94.8 cm³/mol. The topological polar surface area (TPSA) is 74.8 Å². The van der Waals surface area contributed by atoms with E-state index in [1.165, 1.54) is 8.61 Å². The van der Waals surface area contributed by atoms with Gasteiger partial charge in [0.15, 0.2) is 0 Å². The smallest absolute Gasteiger partial charge is 0.212 e. The zero-order valence-corrected chi connectivity index (χ0v) is 15.9. The largest absolute Gasteiger partial charge is 0.243 e. The maximum atomic E-state index is 12.7. The van der Waals surface area contributed by atoms with Crippen LogP contribution in [0.1, 0.15) is 32.3 Å². The van der Waals surface area contributed by atoms with Gasteiger partial charge in [-0.25, -0.2) is 16.8 Å². The van der Waals surface area contributed by atoms with E-state index in [4.69, 9.17) is 0 Å². The normalized spacial score (nSPS) is 17.9. The second-order valence-corrected chi connectivity index (χ2v) is 10.0. The van der Waals surface area contributed by atoms with E-state index in [0.29, 0.717) is 6.42 Å². The molecule has 2 rings (SSSR count). The molecule has 1 fully saturated rings. The van der Waals surface area contributed by atoms with Crippen molar-refractivity contribution in [1.29, 1.82) is 0 Å². The van der Waals surface area contributed by atoms with E-state index in [2.05, 4.69) is 6.92 Å². The summed E-state index contributed by atoms with van der Waals surface area (Å²) in [6, 6.07) is 6.97. The van der Waals surface area contributed by atoms with Crippen molar-refractivity contribution in [3.63, 3.8) is 0 Å². The Morgan fingerprint density at radius 3 is 1.88 bits per heavy atom. The summed E-state index contributed by atoms with van der Waals surface area (Å²) in [6.07, 6.45) is 2.50. The van der Waals surface area contributed by atoms with Crippen LogP contribution in [-0.4, -0.2) is 57.4 Å². The van der Waals surface area contributed by atoms with Crippen LogP contribution in [-0.2, 0) is 26.5 Å². The number of nitrogens with zero attached hydrogens (tertiary/aromatic N) is 2. The first-order chi connectivity index (χ1) is 11.3. The van der Waals surface area contributed by atoms with Crippen LogP contribution in [0.3, 0.4) is 0 Å². The van der Waals surface area contributed by atoms with Crippen LogP contribution in [0.15, 0.2) is 29.2 Å². The molecule has 0 bridgehead atoms. The Balaban J connectivity index is 2.07. The first-order valence-electron chi connectivity index (χ1n) is 8.38. The Hall–Kier alpha value is -0.960. The highest BCUT2D eigenvalue weighted by atomic mass is 32.2. The summed E-state index contributed by atoms with van der Waals surface area (Å²) in [5.74, 6) is 0.110. The van der Waals surface area contributed by atoms with Crippen LogP contribution in [0.4, 0.5) is 0 Å². The monoisotopic (exact) mass is 374 g/mol. The molecule has 0 amide bonds. The van der Waals surface area contributed by atoms with Crippen LogP contribution in [0, 0.1) is 0 Å². The lowest BCUT2D eigenvalue weighted by Gasteiger charge is -2.33. The summed E-state index contributed by atoms with van der Waals surface area (Å²) < 4.78 is 52.3. The van der Waals surface area contributed by atoms with Crippen molar-refractivity contribution in [3.05, 3.63) is 29.8 Å². The van der Waals surface area contributed by atoms with Gasteiger partial charge in [-0.05, 0) is 30.5 Å². The fourth-order valence-electron chi connectivity index (χ4n) is 2.84. The molecule has 1 aliphatic rings. The Morgan fingerprint density at radius 2 is 1.38 bits per heavy atom. The molecular formula is C16H26N2O4S2. The molecule has 0 aliphatic carbocycles. The van der Waals surface area contributed by atoms with Crippen LogP contribution in [0.2, 0.25) is 0 Å². The summed E-state index contributed by atoms with van der Waals surface area (Å²) in [5, 5.41) is 0. The Morgan fingerprint density at radius 1 is 0.833 bits per heavy atom. The molecular weight excluding hydrogens is 348 g/mol. The Bertz CT molecular complexity index is 735. The first kappa shape index (κ1) is 19.4. The quantitative estimate of drug-likeness (QED) is 0.728. The van der Waals surface area contributed by atoms with Gasteiger partial charge < -0.3 is 0 Å². The molecule has 1 aromatic rings. The standard InChI is InChI=1S/C16H26N2O4S2/c1-3-5-15-6-8-16(9-7-15)24(21,22)18-12-10-17(11-13-18)23(19,20)14-4-2/h6-9H,3-5,10-14H2,1-2H3. The number of hydrogen-bond acceptors (Lipinski definition) is 4. The SMILES string of the molecule is CCCc1ccc(S(=O)(=O)N2CCN(S(=O)(=O)CCC)CC2)cc1. The minimum atomic E-state index is -3.56. The lowest BCUT2D eigenvalue weighted by atomic mass is 10.1. The molecule has 0 spiro atoms. The minimum absolute atomic E-state index is 0.110. The molecule has 1 aromatic carbocycles. The molecule has 0 aromatic heterocycles. The summed E-state index contributed by atoms with van der Waals surface area (Å²) in [6.45, 7) is 4.73. The zero-order valence-electron chi connectivity index (χ0n) is 14.3.